The molecule has 2 saturated carbocycles. The molecule has 1 atom stereocenters. The number of benzene rings is 1. The summed E-state index contributed by atoms with van der Waals surface area (Å²) in [4.78, 5) is 0.318. The Morgan fingerprint density at radius 1 is 0.955 bits per heavy atom. The summed E-state index contributed by atoms with van der Waals surface area (Å²) < 4.78 is 50.5. The van der Waals surface area contributed by atoms with Crippen LogP contribution < -0.4 is 0 Å². The van der Waals surface area contributed by atoms with Crippen molar-refractivity contribution in [2.75, 3.05) is 6.26 Å². The number of nitrogens with zero attached hydrogens (tertiary/aromatic N) is 1. The van der Waals surface area contributed by atoms with Crippen molar-refractivity contribution >= 4 is 19.9 Å². The summed E-state index contributed by atoms with van der Waals surface area (Å²) in [5.74, 6) is 0.464. The second-order valence-corrected chi connectivity index (χ2v) is 10.2. The van der Waals surface area contributed by atoms with Gasteiger partial charge in [-0.1, -0.05) is 0 Å². The lowest BCUT2D eigenvalue weighted by Crippen LogP contribution is -2.41. The Bertz CT molecular complexity index is 760. The second-order valence-electron chi connectivity index (χ2n) is 6.39. The van der Waals surface area contributed by atoms with Crippen LogP contribution in [0.2, 0.25) is 0 Å². The fraction of sp³-hybridized carbons (Fsp3) is 0.600. The van der Waals surface area contributed by atoms with Gasteiger partial charge in [-0.2, -0.15) is 4.31 Å². The molecule has 0 aliphatic heterocycles. The van der Waals surface area contributed by atoms with Crippen LogP contribution in [0.3, 0.4) is 0 Å². The van der Waals surface area contributed by atoms with Crippen LogP contribution in [0.25, 0.3) is 0 Å². The van der Waals surface area contributed by atoms with Crippen molar-refractivity contribution < 1.29 is 16.8 Å². The van der Waals surface area contributed by atoms with Crippen LogP contribution in [0.4, 0.5) is 0 Å². The van der Waals surface area contributed by atoms with Crippen molar-refractivity contribution in [2.24, 2.45) is 5.92 Å². The Labute approximate surface area is 132 Å². The molecule has 0 N–H and O–H groups in total. The molecular formula is C15H21NO4S2. The Hall–Kier alpha value is -0.920. The third-order valence-corrected chi connectivity index (χ3v) is 7.62. The van der Waals surface area contributed by atoms with Gasteiger partial charge in [-0.25, -0.2) is 16.8 Å². The first-order valence-corrected chi connectivity index (χ1v) is 10.9. The Kier molecular flexibility index (Phi) is 3.86. The molecule has 7 heteroatoms. The van der Waals surface area contributed by atoms with E-state index in [1.165, 1.54) is 24.3 Å². The number of rotatable bonds is 6. The van der Waals surface area contributed by atoms with Crippen LogP contribution in [-0.2, 0) is 19.9 Å². The Morgan fingerprint density at radius 3 is 1.86 bits per heavy atom. The number of sulfone groups is 1. The molecule has 0 saturated heterocycles. The van der Waals surface area contributed by atoms with E-state index in [-0.39, 0.29) is 21.9 Å². The molecule has 1 aromatic carbocycles. The molecule has 0 spiro atoms. The Balaban J connectivity index is 1.93. The van der Waals surface area contributed by atoms with Gasteiger partial charge >= 0.3 is 0 Å². The quantitative estimate of drug-likeness (QED) is 0.792. The van der Waals surface area contributed by atoms with E-state index in [0.29, 0.717) is 5.92 Å². The molecular weight excluding hydrogens is 322 g/mol. The van der Waals surface area contributed by atoms with Gasteiger partial charge in [0.25, 0.3) is 0 Å². The number of sulfonamides is 1. The number of hydrogen-bond donors (Lipinski definition) is 0. The first-order chi connectivity index (χ1) is 10.2. The average Bonchev–Trinajstić information content (AvgIpc) is 3.30. The molecule has 0 aromatic heterocycles. The van der Waals surface area contributed by atoms with Crippen LogP contribution in [0.15, 0.2) is 34.1 Å². The smallest absolute Gasteiger partial charge is 0.224 e. The normalized spacial score (nSPS) is 21.0. The molecule has 0 bridgehead atoms. The molecule has 2 aliphatic carbocycles. The molecule has 22 heavy (non-hydrogen) atoms. The molecule has 5 nitrogen and oxygen atoms in total. The van der Waals surface area contributed by atoms with Gasteiger partial charge in [0, 0.05) is 18.3 Å². The zero-order valence-electron chi connectivity index (χ0n) is 12.8. The largest absolute Gasteiger partial charge is 0.243 e. The third-order valence-electron chi connectivity index (χ3n) is 4.44. The SMILES string of the molecule is C[C@H](C1CC1)N(C1CC1)S(=O)(=O)c1ccc(S(C)(=O)=O)cc1. The highest BCUT2D eigenvalue weighted by Crippen LogP contribution is 2.42. The van der Waals surface area contributed by atoms with Crippen molar-refractivity contribution in [1.82, 2.24) is 4.31 Å². The average molecular weight is 343 g/mol. The van der Waals surface area contributed by atoms with E-state index in [0.717, 1.165) is 31.9 Å². The summed E-state index contributed by atoms with van der Waals surface area (Å²) in [5, 5.41) is 0. The van der Waals surface area contributed by atoms with Gasteiger partial charge in [0.15, 0.2) is 9.84 Å². The molecule has 3 rings (SSSR count). The predicted octanol–water partition coefficient (Wildman–Crippen LogP) is 2.04. The maximum absolute atomic E-state index is 12.9. The zero-order valence-corrected chi connectivity index (χ0v) is 14.4. The van der Waals surface area contributed by atoms with Crippen molar-refractivity contribution in [3.05, 3.63) is 24.3 Å². The van der Waals surface area contributed by atoms with Gasteiger partial charge in [-0.05, 0) is 62.8 Å². The lowest BCUT2D eigenvalue weighted by atomic mass is 10.2. The second kappa shape index (κ2) is 5.32. The summed E-state index contributed by atoms with van der Waals surface area (Å²) >= 11 is 0. The minimum atomic E-state index is -3.57. The summed E-state index contributed by atoms with van der Waals surface area (Å²) in [7, 11) is -6.88. The van der Waals surface area contributed by atoms with E-state index < -0.39 is 19.9 Å². The molecule has 0 amide bonds. The molecule has 2 aliphatic rings. The lowest BCUT2D eigenvalue weighted by molar-refractivity contribution is 0.301. The van der Waals surface area contributed by atoms with Crippen LogP contribution in [-0.4, -0.2) is 39.5 Å². The van der Waals surface area contributed by atoms with Gasteiger partial charge < -0.3 is 0 Å². The van der Waals surface area contributed by atoms with Crippen molar-refractivity contribution in [3.8, 4) is 0 Å². The predicted molar refractivity (Wildman–Crippen MR) is 83.8 cm³/mol. The summed E-state index contributed by atoms with van der Waals surface area (Å²) in [5.41, 5.74) is 0. The lowest BCUT2D eigenvalue weighted by Gasteiger charge is -2.28. The maximum atomic E-state index is 12.9. The van der Waals surface area contributed by atoms with Crippen LogP contribution in [0.1, 0.15) is 32.6 Å². The molecule has 0 heterocycles. The minimum Gasteiger partial charge on any atom is -0.224 e. The molecule has 1 aromatic rings. The van der Waals surface area contributed by atoms with Gasteiger partial charge in [-0.15, -0.1) is 0 Å². The summed E-state index contributed by atoms with van der Waals surface area (Å²) in [6, 6.07) is 5.67. The Morgan fingerprint density at radius 2 is 1.45 bits per heavy atom. The van der Waals surface area contributed by atoms with Crippen molar-refractivity contribution in [3.63, 3.8) is 0 Å². The van der Waals surface area contributed by atoms with Crippen molar-refractivity contribution in [2.45, 2.75) is 54.5 Å². The summed E-state index contributed by atoms with van der Waals surface area (Å²) in [6.45, 7) is 1.98. The van der Waals surface area contributed by atoms with E-state index in [1.807, 2.05) is 6.92 Å². The fourth-order valence-electron chi connectivity index (χ4n) is 2.84. The topological polar surface area (TPSA) is 71.5 Å². The van der Waals surface area contributed by atoms with Crippen molar-refractivity contribution in [1.29, 1.82) is 0 Å². The highest BCUT2D eigenvalue weighted by Gasteiger charge is 2.45. The third kappa shape index (κ3) is 3.07. The van der Waals surface area contributed by atoms with E-state index in [1.54, 1.807) is 4.31 Å². The minimum absolute atomic E-state index is 0.0204. The molecule has 122 valence electrons. The van der Waals surface area contributed by atoms with E-state index in [9.17, 15) is 16.8 Å². The van der Waals surface area contributed by atoms with Crippen LogP contribution in [0, 0.1) is 5.92 Å². The van der Waals surface area contributed by atoms with Crippen LogP contribution >= 0.6 is 0 Å². The van der Waals surface area contributed by atoms with E-state index >= 15 is 0 Å². The first-order valence-electron chi connectivity index (χ1n) is 7.55. The summed E-state index contributed by atoms with van der Waals surface area (Å²) in [6.07, 6.45) is 5.12. The monoisotopic (exact) mass is 343 g/mol. The molecule has 0 radical (unpaired) electrons. The molecule has 0 unspecified atom stereocenters. The van der Waals surface area contributed by atoms with Gasteiger partial charge in [0.1, 0.15) is 0 Å². The maximum Gasteiger partial charge on any atom is 0.243 e. The standard InChI is InChI=1S/C15H21NO4S2/c1-11(12-3-4-12)16(13-5-6-13)22(19,20)15-9-7-14(8-10-15)21(2,17)18/h7-13H,3-6H2,1-2H3/t11-/m1/s1. The number of hydrogen-bond acceptors (Lipinski definition) is 4. The zero-order chi connectivity index (χ0) is 16.1. The highest BCUT2D eigenvalue weighted by molar-refractivity contribution is 7.90. The first kappa shape index (κ1) is 16.0. The fourth-order valence-corrected chi connectivity index (χ4v) is 5.41. The van der Waals surface area contributed by atoms with Gasteiger partial charge in [-0.3, -0.25) is 0 Å². The van der Waals surface area contributed by atoms with Gasteiger partial charge in [0.2, 0.25) is 10.0 Å². The van der Waals surface area contributed by atoms with E-state index in [2.05, 4.69) is 0 Å². The highest BCUT2D eigenvalue weighted by atomic mass is 32.2. The van der Waals surface area contributed by atoms with Crippen LogP contribution in [0.5, 0.6) is 0 Å². The van der Waals surface area contributed by atoms with E-state index in [4.69, 9.17) is 0 Å². The van der Waals surface area contributed by atoms with Gasteiger partial charge in [0.05, 0.1) is 9.79 Å². The molecule has 2 fully saturated rings.